The van der Waals surface area contributed by atoms with Crippen LogP contribution in [0.25, 0.3) is 0 Å². The Morgan fingerprint density at radius 1 is 1.09 bits per heavy atom. The van der Waals surface area contributed by atoms with Gasteiger partial charge in [0.2, 0.25) is 10.0 Å². The first kappa shape index (κ1) is 16.9. The maximum Gasteiger partial charge on any atom is 0.255 e. The average Bonchev–Trinajstić information content (AvgIpc) is 2.55. The van der Waals surface area contributed by atoms with E-state index in [1.807, 2.05) is 31.2 Å². The number of hydrogen-bond donors (Lipinski definition) is 2. The fourth-order valence-electron chi connectivity index (χ4n) is 1.88. The highest BCUT2D eigenvalue weighted by atomic mass is 32.2. The number of sulfonamides is 1. The van der Waals surface area contributed by atoms with Gasteiger partial charge in [-0.1, -0.05) is 23.8 Å². The Kier molecular flexibility index (Phi) is 5.31. The third-order valence-corrected chi connectivity index (χ3v) is 4.59. The molecule has 0 aromatic heterocycles. The van der Waals surface area contributed by atoms with Crippen LogP contribution in [-0.2, 0) is 10.0 Å². The van der Waals surface area contributed by atoms with Crippen LogP contribution in [0.1, 0.15) is 15.9 Å². The molecule has 0 saturated carbocycles. The van der Waals surface area contributed by atoms with Crippen LogP contribution in [0.3, 0.4) is 0 Å². The summed E-state index contributed by atoms with van der Waals surface area (Å²) in [7, 11) is -3.58. The number of aryl methyl sites for hydroxylation is 1. The summed E-state index contributed by atoms with van der Waals surface area (Å²) < 4.78 is 26.2. The van der Waals surface area contributed by atoms with Crippen LogP contribution >= 0.6 is 0 Å². The van der Waals surface area contributed by atoms with E-state index in [2.05, 4.69) is 16.6 Å². The van der Waals surface area contributed by atoms with Crippen molar-refractivity contribution in [2.45, 2.75) is 11.8 Å². The fraction of sp³-hybridized carbons (Fsp3) is 0.118. The Balaban J connectivity index is 2.11. The van der Waals surface area contributed by atoms with E-state index in [4.69, 9.17) is 0 Å². The lowest BCUT2D eigenvalue weighted by Crippen LogP contribution is -2.23. The van der Waals surface area contributed by atoms with Crippen molar-refractivity contribution in [1.82, 2.24) is 4.72 Å². The minimum Gasteiger partial charge on any atom is -0.322 e. The van der Waals surface area contributed by atoms with Crippen molar-refractivity contribution in [3.63, 3.8) is 0 Å². The Labute approximate surface area is 136 Å². The van der Waals surface area contributed by atoms with Crippen LogP contribution < -0.4 is 10.0 Å². The predicted octanol–water partition coefficient (Wildman–Crippen LogP) is 2.71. The Bertz CT molecular complexity index is 795. The Hall–Kier alpha value is -2.44. The van der Waals surface area contributed by atoms with E-state index in [1.54, 1.807) is 0 Å². The topological polar surface area (TPSA) is 75.3 Å². The number of amides is 1. The summed E-state index contributed by atoms with van der Waals surface area (Å²) in [5, 5.41) is 2.76. The van der Waals surface area contributed by atoms with Crippen LogP contribution in [0, 0.1) is 6.92 Å². The van der Waals surface area contributed by atoms with Gasteiger partial charge in [0.25, 0.3) is 5.91 Å². The normalized spacial score (nSPS) is 11.0. The van der Waals surface area contributed by atoms with Gasteiger partial charge in [-0.15, -0.1) is 6.58 Å². The van der Waals surface area contributed by atoms with Crippen molar-refractivity contribution in [3.05, 3.63) is 72.3 Å². The molecule has 0 aliphatic heterocycles. The van der Waals surface area contributed by atoms with Gasteiger partial charge in [-0.05, 0) is 43.3 Å². The summed E-state index contributed by atoms with van der Waals surface area (Å²) in [6, 6.07) is 13.2. The lowest BCUT2D eigenvalue weighted by Gasteiger charge is -2.07. The number of nitrogens with one attached hydrogen (secondary N) is 2. The van der Waals surface area contributed by atoms with Gasteiger partial charge in [-0.3, -0.25) is 4.79 Å². The largest absolute Gasteiger partial charge is 0.322 e. The standard InChI is InChI=1S/C17H18N2O3S/c1-3-12-18-23(21,22)16-10-6-14(7-11-16)17(20)19-15-8-4-13(2)5-9-15/h3-11,18H,1,12H2,2H3,(H,19,20). The number of carbonyl (C=O) groups excluding carboxylic acids is 1. The molecule has 0 fully saturated rings. The van der Waals surface area contributed by atoms with Gasteiger partial charge >= 0.3 is 0 Å². The van der Waals surface area contributed by atoms with Gasteiger partial charge in [0.05, 0.1) is 4.90 Å². The number of anilines is 1. The molecule has 0 heterocycles. The summed E-state index contributed by atoms with van der Waals surface area (Å²) in [6.45, 7) is 5.57. The number of rotatable bonds is 6. The number of carbonyl (C=O) groups is 1. The first-order chi connectivity index (χ1) is 10.9. The van der Waals surface area contributed by atoms with Crippen molar-refractivity contribution < 1.29 is 13.2 Å². The quantitative estimate of drug-likeness (QED) is 0.800. The maximum absolute atomic E-state index is 12.1. The highest BCUT2D eigenvalue weighted by Gasteiger charge is 2.14. The van der Waals surface area contributed by atoms with Crippen LogP contribution in [0.15, 0.2) is 66.1 Å². The van der Waals surface area contributed by atoms with Gasteiger partial charge in [-0.25, -0.2) is 13.1 Å². The monoisotopic (exact) mass is 330 g/mol. The molecule has 2 N–H and O–H groups in total. The molecule has 2 aromatic rings. The molecule has 0 radical (unpaired) electrons. The lowest BCUT2D eigenvalue weighted by atomic mass is 10.2. The third-order valence-electron chi connectivity index (χ3n) is 3.15. The van der Waals surface area contributed by atoms with E-state index in [0.717, 1.165) is 5.56 Å². The van der Waals surface area contributed by atoms with Crippen LogP contribution in [-0.4, -0.2) is 20.9 Å². The molecule has 0 aliphatic rings. The van der Waals surface area contributed by atoms with Gasteiger partial charge in [-0.2, -0.15) is 0 Å². The zero-order valence-corrected chi connectivity index (χ0v) is 13.6. The molecular formula is C17H18N2O3S. The highest BCUT2D eigenvalue weighted by Crippen LogP contribution is 2.13. The van der Waals surface area contributed by atoms with Gasteiger partial charge in [0, 0.05) is 17.8 Å². The second kappa shape index (κ2) is 7.21. The summed E-state index contributed by atoms with van der Waals surface area (Å²) >= 11 is 0. The second-order valence-corrected chi connectivity index (χ2v) is 6.75. The fourth-order valence-corrected chi connectivity index (χ4v) is 2.88. The van der Waals surface area contributed by atoms with E-state index in [1.165, 1.54) is 30.3 Å². The summed E-state index contributed by atoms with van der Waals surface area (Å²) in [5.74, 6) is -0.295. The summed E-state index contributed by atoms with van der Waals surface area (Å²) in [4.78, 5) is 12.2. The molecule has 2 aromatic carbocycles. The van der Waals surface area contributed by atoms with E-state index in [9.17, 15) is 13.2 Å². The predicted molar refractivity (Wildman–Crippen MR) is 91.0 cm³/mol. The molecule has 0 atom stereocenters. The minimum absolute atomic E-state index is 0.103. The van der Waals surface area contributed by atoms with Crippen molar-refractivity contribution >= 4 is 21.6 Å². The molecule has 0 aliphatic carbocycles. The molecule has 2 rings (SSSR count). The van der Waals surface area contributed by atoms with Crippen LogP contribution in [0.2, 0.25) is 0 Å². The molecule has 23 heavy (non-hydrogen) atoms. The Morgan fingerprint density at radius 2 is 1.70 bits per heavy atom. The van der Waals surface area contributed by atoms with Gasteiger partial charge in [0.1, 0.15) is 0 Å². The SMILES string of the molecule is C=CCNS(=O)(=O)c1ccc(C(=O)Nc2ccc(C)cc2)cc1. The molecule has 6 heteroatoms. The highest BCUT2D eigenvalue weighted by molar-refractivity contribution is 7.89. The zero-order valence-electron chi connectivity index (χ0n) is 12.7. The molecule has 0 saturated heterocycles. The van der Waals surface area contributed by atoms with E-state index in [-0.39, 0.29) is 17.3 Å². The van der Waals surface area contributed by atoms with Crippen LogP contribution in [0.4, 0.5) is 5.69 Å². The van der Waals surface area contributed by atoms with E-state index >= 15 is 0 Å². The molecule has 0 bridgehead atoms. The summed E-state index contributed by atoms with van der Waals surface area (Å²) in [6.07, 6.45) is 1.46. The third kappa shape index (κ3) is 4.51. The molecular weight excluding hydrogens is 312 g/mol. The second-order valence-electron chi connectivity index (χ2n) is 4.99. The smallest absolute Gasteiger partial charge is 0.255 e. The summed E-state index contributed by atoms with van der Waals surface area (Å²) in [5.41, 5.74) is 2.17. The van der Waals surface area contributed by atoms with Crippen LogP contribution in [0.5, 0.6) is 0 Å². The maximum atomic E-state index is 12.1. The first-order valence-electron chi connectivity index (χ1n) is 7.01. The number of benzene rings is 2. The molecule has 5 nitrogen and oxygen atoms in total. The number of hydrogen-bond acceptors (Lipinski definition) is 3. The van der Waals surface area contributed by atoms with Crippen molar-refractivity contribution in [2.75, 3.05) is 11.9 Å². The van der Waals surface area contributed by atoms with E-state index < -0.39 is 10.0 Å². The van der Waals surface area contributed by atoms with Gasteiger partial charge < -0.3 is 5.32 Å². The van der Waals surface area contributed by atoms with Crippen molar-refractivity contribution in [3.8, 4) is 0 Å². The molecule has 0 spiro atoms. The molecule has 120 valence electrons. The van der Waals surface area contributed by atoms with Gasteiger partial charge in [0.15, 0.2) is 0 Å². The average molecular weight is 330 g/mol. The Morgan fingerprint density at radius 3 is 2.26 bits per heavy atom. The minimum atomic E-state index is -3.58. The first-order valence-corrected chi connectivity index (χ1v) is 8.49. The zero-order chi connectivity index (χ0) is 16.9. The van der Waals surface area contributed by atoms with E-state index in [0.29, 0.717) is 11.3 Å². The van der Waals surface area contributed by atoms with Crippen molar-refractivity contribution in [2.24, 2.45) is 0 Å². The van der Waals surface area contributed by atoms with Crippen molar-refractivity contribution in [1.29, 1.82) is 0 Å². The molecule has 1 amide bonds. The molecule has 0 unspecified atom stereocenters. The lowest BCUT2D eigenvalue weighted by molar-refractivity contribution is 0.102.